The predicted molar refractivity (Wildman–Crippen MR) is 79.3 cm³/mol. The number of aromatic nitrogens is 3. The van der Waals surface area contributed by atoms with Crippen molar-refractivity contribution in [1.29, 1.82) is 0 Å². The highest BCUT2D eigenvalue weighted by atomic mass is 79.9. The molecule has 0 saturated carbocycles. The van der Waals surface area contributed by atoms with Gasteiger partial charge in [0.1, 0.15) is 11.9 Å². The molecule has 0 aliphatic carbocycles. The molecule has 0 unspecified atom stereocenters. The first-order valence-electron chi connectivity index (χ1n) is 6.72. The highest BCUT2D eigenvalue weighted by Crippen LogP contribution is 2.22. The molecule has 6 nitrogen and oxygen atoms in total. The van der Waals surface area contributed by atoms with E-state index in [1.54, 1.807) is 0 Å². The lowest BCUT2D eigenvalue weighted by atomic mass is 10.1. The van der Waals surface area contributed by atoms with Gasteiger partial charge in [0.2, 0.25) is 0 Å². The fourth-order valence-corrected chi connectivity index (χ4v) is 3.12. The molecule has 0 radical (unpaired) electrons. The number of benzene rings is 1. The molecule has 0 spiro atoms. The fraction of sp³-hybridized carbons (Fsp3) is 0.357. The first kappa shape index (κ1) is 14.1. The van der Waals surface area contributed by atoms with E-state index < -0.39 is 12.0 Å². The maximum atomic E-state index is 12.4. The summed E-state index contributed by atoms with van der Waals surface area (Å²) in [6.45, 7) is 0.338. The number of halogens is 1. The van der Waals surface area contributed by atoms with Gasteiger partial charge in [0.15, 0.2) is 0 Å². The van der Waals surface area contributed by atoms with Crippen molar-refractivity contribution in [2.24, 2.45) is 0 Å². The predicted octanol–water partition coefficient (Wildman–Crippen LogP) is 1.82. The molecule has 110 valence electrons. The molecule has 0 saturated heterocycles. The normalized spacial score (nSPS) is 17.5. The Bertz CT molecular complexity index is 750. The Balaban J connectivity index is 1.99. The van der Waals surface area contributed by atoms with Gasteiger partial charge < -0.3 is 5.11 Å². The number of fused-ring (bicyclic) bond motifs is 1. The number of nitrogens with zero attached hydrogens (tertiary/aromatic N) is 3. The van der Waals surface area contributed by atoms with Crippen LogP contribution in [0.1, 0.15) is 30.3 Å². The third-order valence-electron chi connectivity index (χ3n) is 3.64. The van der Waals surface area contributed by atoms with E-state index in [1.807, 2.05) is 24.3 Å². The lowest BCUT2D eigenvalue weighted by Crippen LogP contribution is -2.34. The van der Waals surface area contributed by atoms with Crippen molar-refractivity contribution in [2.75, 3.05) is 0 Å². The summed E-state index contributed by atoms with van der Waals surface area (Å²) >= 11 is 3.39. The van der Waals surface area contributed by atoms with Crippen LogP contribution < -0.4 is 5.69 Å². The number of rotatable bonds is 3. The van der Waals surface area contributed by atoms with Crippen molar-refractivity contribution in [2.45, 2.75) is 31.8 Å². The zero-order valence-electron chi connectivity index (χ0n) is 11.2. The minimum atomic E-state index is -0.972. The molecule has 2 heterocycles. The molecule has 21 heavy (non-hydrogen) atoms. The summed E-state index contributed by atoms with van der Waals surface area (Å²) < 4.78 is 3.60. The van der Waals surface area contributed by atoms with E-state index in [0.29, 0.717) is 25.2 Å². The second-order valence-electron chi connectivity index (χ2n) is 5.10. The van der Waals surface area contributed by atoms with E-state index in [9.17, 15) is 14.7 Å². The van der Waals surface area contributed by atoms with Crippen molar-refractivity contribution >= 4 is 21.9 Å². The van der Waals surface area contributed by atoms with Crippen LogP contribution in [-0.2, 0) is 17.8 Å². The van der Waals surface area contributed by atoms with Gasteiger partial charge in [-0.05, 0) is 30.5 Å². The van der Waals surface area contributed by atoms with Gasteiger partial charge in [-0.2, -0.15) is 5.10 Å². The van der Waals surface area contributed by atoms with Crippen LogP contribution in [0.3, 0.4) is 0 Å². The molecule has 1 aliphatic rings. The molecular weight excluding hydrogens is 338 g/mol. The molecule has 1 aliphatic heterocycles. The third-order valence-corrected chi connectivity index (χ3v) is 4.13. The van der Waals surface area contributed by atoms with E-state index in [2.05, 4.69) is 21.0 Å². The quantitative estimate of drug-likeness (QED) is 0.914. The molecule has 3 rings (SSSR count). The molecule has 0 fully saturated rings. The van der Waals surface area contributed by atoms with Gasteiger partial charge in [0.05, 0.1) is 6.54 Å². The second-order valence-corrected chi connectivity index (χ2v) is 6.02. The van der Waals surface area contributed by atoms with Crippen molar-refractivity contribution < 1.29 is 9.90 Å². The smallest absolute Gasteiger partial charge is 0.347 e. The topological polar surface area (TPSA) is 77.1 Å². The summed E-state index contributed by atoms with van der Waals surface area (Å²) in [5, 5.41) is 13.5. The number of carboxylic acid groups (broad SMARTS) is 1. The van der Waals surface area contributed by atoms with Crippen molar-refractivity contribution in [3.05, 3.63) is 50.6 Å². The second kappa shape index (κ2) is 5.48. The van der Waals surface area contributed by atoms with E-state index in [-0.39, 0.29) is 5.69 Å². The molecule has 2 aromatic rings. The average molecular weight is 352 g/mol. The maximum absolute atomic E-state index is 12.4. The van der Waals surface area contributed by atoms with Crippen LogP contribution in [-0.4, -0.2) is 25.4 Å². The number of aliphatic carboxylic acids is 1. The number of hydrogen-bond acceptors (Lipinski definition) is 3. The number of carboxylic acids is 1. The van der Waals surface area contributed by atoms with E-state index in [4.69, 9.17) is 0 Å². The summed E-state index contributed by atoms with van der Waals surface area (Å²) in [5.41, 5.74) is 0.589. The van der Waals surface area contributed by atoms with Crippen LogP contribution >= 0.6 is 15.9 Å². The Morgan fingerprint density at radius 1 is 1.48 bits per heavy atom. The van der Waals surface area contributed by atoms with Crippen LogP contribution in [0.5, 0.6) is 0 Å². The van der Waals surface area contributed by atoms with Gasteiger partial charge in [-0.1, -0.05) is 28.1 Å². The Hall–Kier alpha value is -1.89. The molecule has 0 amide bonds. The summed E-state index contributed by atoms with van der Waals surface area (Å²) in [5.74, 6) is -0.409. The molecule has 1 atom stereocenters. The Labute approximate surface area is 129 Å². The van der Waals surface area contributed by atoms with Crippen molar-refractivity contribution in [1.82, 2.24) is 14.3 Å². The highest BCUT2D eigenvalue weighted by molar-refractivity contribution is 9.10. The first-order chi connectivity index (χ1) is 10.1. The van der Waals surface area contributed by atoms with Gasteiger partial charge in [-0.25, -0.2) is 14.3 Å². The maximum Gasteiger partial charge on any atom is 0.347 e. The highest BCUT2D eigenvalue weighted by Gasteiger charge is 2.30. The Kier molecular flexibility index (Phi) is 3.67. The monoisotopic (exact) mass is 351 g/mol. The average Bonchev–Trinajstić information content (AvgIpc) is 2.75. The van der Waals surface area contributed by atoms with Gasteiger partial charge in [0, 0.05) is 10.9 Å². The van der Waals surface area contributed by atoms with Crippen LogP contribution in [0.2, 0.25) is 0 Å². The van der Waals surface area contributed by atoms with Crippen molar-refractivity contribution in [3.8, 4) is 0 Å². The molecule has 0 bridgehead atoms. The molecule has 1 aromatic heterocycles. The van der Waals surface area contributed by atoms with Crippen LogP contribution in [0, 0.1) is 0 Å². The lowest BCUT2D eigenvalue weighted by Gasteiger charge is -2.19. The largest absolute Gasteiger partial charge is 0.480 e. The van der Waals surface area contributed by atoms with Gasteiger partial charge in [-0.15, -0.1) is 0 Å². The van der Waals surface area contributed by atoms with Crippen LogP contribution in [0.4, 0.5) is 0 Å². The summed E-state index contributed by atoms with van der Waals surface area (Å²) in [4.78, 5) is 23.7. The molecular formula is C14H14BrN3O3. The van der Waals surface area contributed by atoms with Gasteiger partial charge in [0.25, 0.3) is 0 Å². The van der Waals surface area contributed by atoms with E-state index in [1.165, 1.54) is 9.25 Å². The third kappa shape index (κ3) is 2.65. The molecule has 1 aromatic carbocycles. The minimum Gasteiger partial charge on any atom is -0.480 e. The fourth-order valence-electron chi connectivity index (χ4n) is 2.68. The van der Waals surface area contributed by atoms with Crippen LogP contribution in [0.25, 0.3) is 0 Å². The zero-order valence-corrected chi connectivity index (χ0v) is 12.8. The Morgan fingerprint density at radius 3 is 3.00 bits per heavy atom. The Morgan fingerprint density at radius 2 is 2.29 bits per heavy atom. The van der Waals surface area contributed by atoms with Crippen LogP contribution in [0.15, 0.2) is 33.5 Å². The number of carbonyl (C=O) groups is 1. The van der Waals surface area contributed by atoms with E-state index >= 15 is 0 Å². The summed E-state index contributed by atoms with van der Waals surface area (Å²) in [7, 11) is 0. The SMILES string of the molecule is O=C(O)[C@@H]1CCCc2nn(Cc3cccc(Br)c3)c(=O)n21. The number of aryl methyl sites for hydroxylation is 1. The van der Waals surface area contributed by atoms with Gasteiger partial charge >= 0.3 is 11.7 Å². The van der Waals surface area contributed by atoms with Crippen molar-refractivity contribution in [3.63, 3.8) is 0 Å². The van der Waals surface area contributed by atoms with Gasteiger partial charge in [-0.3, -0.25) is 4.57 Å². The zero-order chi connectivity index (χ0) is 15.0. The van der Waals surface area contributed by atoms with E-state index in [0.717, 1.165) is 16.5 Å². The first-order valence-corrected chi connectivity index (χ1v) is 7.51. The lowest BCUT2D eigenvalue weighted by molar-refractivity contribution is -0.141. The minimum absolute atomic E-state index is 0.338. The molecule has 7 heteroatoms. The summed E-state index contributed by atoms with van der Waals surface area (Å²) in [6, 6.07) is 6.83. The summed E-state index contributed by atoms with van der Waals surface area (Å²) in [6.07, 6.45) is 1.86. The standard InChI is InChI=1S/C14H14BrN3O3/c15-10-4-1-3-9(7-10)8-17-14(21)18-11(13(19)20)5-2-6-12(18)16-17/h1,3-4,7,11H,2,5-6,8H2,(H,19,20)/t11-/m0/s1. The molecule has 1 N–H and O–H groups in total. The number of hydrogen-bond donors (Lipinski definition) is 1.